The summed E-state index contributed by atoms with van der Waals surface area (Å²) >= 11 is 1.66. The zero-order chi connectivity index (χ0) is 26.8. The monoisotopic (exact) mass is 507 g/mol. The smallest absolute Gasteiger partial charge is 0.407 e. The highest BCUT2D eigenvalue weighted by Crippen LogP contribution is 2.42. The second-order valence-electron chi connectivity index (χ2n) is 11.7. The molecular formula is C31H41NO3S. The molecule has 4 nitrogen and oxygen atoms in total. The first kappa shape index (κ1) is 27.9. The van der Waals surface area contributed by atoms with Crippen molar-refractivity contribution in [1.29, 1.82) is 0 Å². The van der Waals surface area contributed by atoms with Crippen LogP contribution < -0.4 is 5.32 Å². The topological polar surface area (TPSA) is 58.6 Å². The summed E-state index contributed by atoms with van der Waals surface area (Å²) in [5, 5.41) is 16.3. The molecule has 0 saturated heterocycles. The summed E-state index contributed by atoms with van der Waals surface area (Å²) in [6.45, 7) is 18.6. The van der Waals surface area contributed by atoms with Crippen molar-refractivity contribution in [2.75, 3.05) is 0 Å². The van der Waals surface area contributed by atoms with Crippen molar-refractivity contribution in [3.63, 3.8) is 0 Å². The van der Waals surface area contributed by atoms with Gasteiger partial charge in [-0.1, -0.05) is 84.0 Å². The summed E-state index contributed by atoms with van der Waals surface area (Å²) in [5.41, 5.74) is 2.54. The van der Waals surface area contributed by atoms with Crippen LogP contribution in [0.5, 0.6) is 5.75 Å². The molecule has 0 aliphatic heterocycles. The number of thioether (sulfide) groups is 1. The molecule has 3 atom stereocenters. The lowest BCUT2D eigenvalue weighted by Crippen LogP contribution is -2.33. The predicted molar refractivity (Wildman–Crippen MR) is 152 cm³/mol. The molecule has 0 aliphatic carbocycles. The molecule has 0 saturated carbocycles. The van der Waals surface area contributed by atoms with E-state index in [0.717, 1.165) is 32.4 Å². The Kier molecular flexibility index (Phi) is 8.34. The first-order valence-electron chi connectivity index (χ1n) is 12.7. The van der Waals surface area contributed by atoms with Crippen LogP contribution in [0.15, 0.2) is 59.5 Å². The highest BCUT2D eigenvalue weighted by molar-refractivity contribution is 8.00. The van der Waals surface area contributed by atoms with E-state index in [1.54, 1.807) is 11.8 Å². The van der Waals surface area contributed by atoms with E-state index in [1.807, 2.05) is 38.1 Å². The van der Waals surface area contributed by atoms with Crippen LogP contribution in [0, 0.1) is 0 Å². The van der Waals surface area contributed by atoms with Crippen molar-refractivity contribution in [3.8, 4) is 5.75 Å². The number of rotatable bonds is 6. The zero-order valence-electron chi connectivity index (χ0n) is 23.1. The first-order chi connectivity index (χ1) is 16.7. The Morgan fingerprint density at radius 2 is 1.44 bits per heavy atom. The van der Waals surface area contributed by atoms with Crippen molar-refractivity contribution in [2.45, 2.75) is 95.4 Å². The van der Waals surface area contributed by atoms with Crippen LogP contribution >= 0.6 is 11.8 Å². The van der Waals surface area contributed by atoms with E-state index in [2.05, 4.69) is 84.1 Å². The molecule has 36 heavy (non-hydrogen) atoms. The number of fused-ring (bicyclic) bond motifs is 1. The van der Waals surface area contributed by atoms with Crippen LogP contribution in [-0.4, -0.2) is 22.6 Å². The van der Waals surface area contributed by atoms with Crippen molar-refractivity contribution in [3.05, 3.63) is 71.3 Å². The molecule has 0 spiro atoms. The maximum atomic E-state index is 12.8. The molecule has 0 radical (unpaired) electrons. The minimum Gasteiger partial charge on any atom is -0.507 e. The number of carbonyl (C=O) groups excluding carboxylic acids is 1. The normalized spacial score (nSPS) is 14.8. The Labute approximate surface area is 220 Å². The van der Waals surface area contributed by atoms with Gasteiger partial charge in [0.1, 0.15) is 11.9 Å². The van der Waals surface area contributed by atoms with Gasteiger partial charge in [-0.25, -0.2) is 4.79 Å². The number of alkyl carbamates (subject to hydrolysis) is 1. The van der Waals surface area contributed by atoms with Crippen LogP contribution in [0.1, 0.15) is 85.0 Å². The fraction of sp³-hybridized carbons (Fsp3) is 0.452. The van der Waals surface area contributed by atoms with E-state index in [9.17, 15) is 9.90 Å². The first-order valence-corrected chi connectivity index (χ1v) is 13.6. The van der Waals surface area contributed by atoms with Gasteiger partial charge in [-0.15, -0.1) is 11.8 Å². The maximum absolute atomic E-state index is 12.8. The Morgan fingerprint density at radius 1 is 0.889 bits per heavy atom. The van der Waals surface area contributed by atoms with Crippen molar-refractivity contribution in [1.82, 2.24) is 5.32 Å². The Balaban J connectivity index is 1.71. The van der Waals surface area contributed by atoms with Gasteiger partial charge in [0.25, 0.3) is 0 Å². The summed E-state index contributed by atoms with van der Waals surface area (Å²) in [5.74, 6) is 0.373. The van der Waals surface area contributed by atoms with E-state index in [-0.39, 0.29) is 28.2 Å². The molecule has 3 aromatic carbocycles. The number of ether oxygens (including phenoxy) is 1. The van der Waals surface area contributed by atoms with Crippen molar-refractivity contribution in [2.24, 2.45) is 0 Å². The van der Waals surface area contributed by atoms with Gasteiger partial charge in [0, 0.05) is 21.3 Å². The maximum Gasteiger partial charge on any atom is 0.407 e. The molecule has 194 valence electrons. The molecule has 2 N–H and O–H groups in total. The number of hydrogen-bond donors (Lipinski definition) is 2. The molecule has 0 aliphatic rings. The predicted octanol–water partition coefficient (Wildman–Crippen LogP) is 8.50. The summed E-state index contributed by atoms with van der Waals surface area (Å²) < 4.78 is 5.79. The molecule has 1 unspecified atom stereocenters. The third-order valence-corrected chi connectivity index (χ3v) is 7.86. The fourth-order valence-corrected chi connectivity index (χ4v) is 5.36. The number of carbonyl (C=O) groups is 1. The third-order valence-electron chi connectivity index (χ3n) is 6.60. The molecule has 1 amide bonds. The third kappa shape index (κ3) is 6.56. The van der Waals surface area contributed by atoms with Crippen LogP contribution in [0.4, 0.5) is 4.79 Å². The fourth-order valence-electron chi connectivity index (χ4n) is 4.31. The summed E-state index contributed by atoms with van der Waals surface area (Å²) in [7, 11) is 0. The number of amides is 1. The highest BCUT2D eigenvalue weighted by atomic mass is 32.2. The number of phenolic OH excluding ortho intramolecular Hbond substituents is 1. The van der Waals surface area contributed by atoms with Gasteiger partial charge in [-0.05, 0) is 60.1 Å². The second-order valence-corrected chi connectivity index (χ2v) is 13.2. The van der Waals surface area contributed by atoms with E-state index in [1.165, 1.54) is 0 Å². The Hall–Kier alpha value is -2.66. The Bertz CT molecular complexity index is 1180. The number of nitrogens with one attached hydrogen (secondary N) is 1. The number of phenols is 1. The van der Waals surface area contributed by atoms with Crippen LogP contribution in [0.2, 0.25) is 0 Å². The highest BCUT2D eigenvalue weighted by Gasteiger charge is 2.28. The molecular weight excluding hydrogens is 466 g/mol. The minimum absolute atomic E-state index is 0.0220. The molecule has 0 aromatic heterocycles. The van der Waals surface area contributed by atoms with Gasteiger partial charge in [-0.2, -0.15) is 0 Å². The van der Waals surface area contributed by atoms with Gasteiger partial charge in [0.05, 0.1) is 6.04 Å². The van der Waals surface area contributed by atoms with Crippen molar-refractivity contribution >= 4 is 28.6 Å². The van der Waals surface area contributed by atoms with Gasteiger partial charge in [0.15, 0.2) is 0 Å². The minimum atomic E-state index is -0.424. The SMILES string of the molecule is CC(NC(=O)O[C@H](C)[C@H](C)Sc1cc(C(C)(C)C)c(O)c(C(C)(C)C)c1)c1cccc2ccccc12. The van der Waals surface area contributed by atoms with E-state index in [4.69, 9.17) is 4.74 Å². The number of benzene rings is 3. The average molecular weight is 508 g/mol. The standard InChI is InChI=1S/C31H41NO3S/c1-19(24-16-12-14-22-13-10-11-15-25(22)24)32-29(34)35-20(2)21(3)36-23-17-26(30(4,5)6)28(33)27(18-23)31(7,8)9/h10-21,33H,1-9H3,(H,32,34)/t19?,20-,21+/m1/s1. The van der Waals surface area contributed by atoms with Crippen LogP contribution in [-0.2, 0) is 15.6 Å². The molecule has 0 heterocycles. The van der Waals surface area contributed by atoms with E-state index in [0.29, 0.717) is 5.75 Å². The lowest BCUT2D eigenvalue weighted by molar-refractivity contribution is 0.105. The van der Waals surface area contributed by atoms with Gasteiger partial charge in [0.2, 0.25) is 0 Å². The van der Waals surface area contributed by atoms with Crippen LogP contribution in [0.25, 0.3) is 10.8 Å². The molecule has 3 rings (SSSR count). The van der Waals surface area contributed by atoms with E-state index >= 15 is 0 Å². The molecule has 0 fully saturated rings. The summed E-state index contributed by atoms with van der Waals surface area (Å²) in [4.78, 5) is 13.8. The Morgan fingerprint density at radius 3 is 2.03 bits per heavy atom. The second kappa shape index (κ2) is 10.8. The number of hydrogen-bond acceptors (Lipinski definition) is 4. The summed E-state index contributed by atoms with van der Waals surface area (Å²) in [6.07, 6.45) is -0.730. The van der Waals surface area contributed by atoms with Gasteiger partial charge >= 0.3 is 6.09 Å². The quantitative estimate of drug-likeness (QED) is 0.328. The van der Waals surface area contributed by atoms with Gasteiger partial charge in [-0.3, -0.25) is 0 Å². The molecule has 0 bridgehead atoms. The molecule has 3 aromatic rings. The number of aromatic hydroxyl groups is 1. The average Bonchev–Trinajstić information content (AvgIpc) is 2.77. The lowest BCUT2D eigenvalue weighted by atomic mass is 9.79. The largest absolute Gasteiger partial charge is 0.507 e. The summed E-state index contributed by atoms with van der Waals surface area (Å²) in [6, 6.07) is 18.3. The van der Waals surface area contributed by atoms with Gasteiger partial charge < -0.3 is 15.2 Å². The zero-order valence-corrected chi connectivity index (χ0v) is 23.9. The molecule has 5 heteroatoms. The lowest BCUT2D eigenvalue weighted by Gasteiger charge is -2.29. The van der Waals surface area contributed by atoms with E-state index < -0.39 is 6.09 Å². The van der Waals surface area contributed by atoms with Crippen molar-refractivity contribution < 1.29 is 14.6 Å². The van der Waals surface area contributed by atoms with Crippen LogP contribution in [0.3, 0.4) is 0 Å².